The molecule has 0 spiro atoms. The Morgan fingerprint density at radius 2 is 0.577 bits per heavy atom. The molecule has 0 saturated carbocycles. The molecule has 0 aromatic heterocycles. The van der Waals surface area contributed by atoms with Gasteiger partial charge in [0.1, 0.15) is 13.2 Å². The van der Waals surface area contributed by atoms with Crippen molar-refractivity contribution in [3.05, 3.63) is 122 Å². The second kappa shape index (κ2) is 58.4. The summed E-state index contributed by atoms with van der Waals surface area (Å²) in [5.41, 5.74) is 0. The summed E-state index contributed by atoms with van der Waals surface area (Å²) in [6, 6.07) is 0. The monoisotopic (exact) mass is 983 g/mol. The highest BCUT2D eigenvalue weighted by Crippen LogP contribution is 2.14. The highest BCUT2D eigenvalue weighted by molar-refractivity contribution is 5.71. The molecule has 0 aliphatic carbocycles. The van der Waals surface area contributed by atoms with Crippen molar-refractivity contribution in [3.8, 4) is 0 Å². The van der Waals surface area contributed by atoms with E-state index in [9.17, 15) is 14.4 Å². The zero-order valence-corrected chi connectivity index (χ0v) is 45.9. The highest BCUT2D eigenvalue weighted by atomic mass is 16.6. The van der Waals surface area contributed by atoms with E-state index in [1.54, 1.807) is 0 Å². The summed E-state index contributed by atoms with van der Waals surface area (Å²) in [7, 11) is 0. The molecular weight excluding hydrogens is 877 g/mol. The fraction of sp³-hybridized carbons (Fsp3) is 0.646. The van der Waals surface area contributed by atoms with E-state index in [-0.39, 0.29) is 37.5 Å². The SMILES string of the molecule is CC/C=C\C/C=C\C/C=C\C/C=C\C/C=C\C/C=C\CCC(=O)OCC(COC(=O)CCCCCCC/C=C\C/C=C\C/C=C\CC)OC(=O)CCCCCCCCCCC/C=C\CCCCCCCC. The first kappa shape index (κ1) is 66.8. The number of hydrogen-bond acceptors (Lipinski definition) is 6. The summed E-state index contributed by atoms with van der Waals surface area (Å²) in [5, 5.41) is 0. The molecule has 0 heterocycles. The lowest BCUT2D eigenvalue weighted by Crippen LogP contribution is -2.30. The molecule has 1 unspecified atom stereocenters. The van der Waals surface area contributed by atoms with Crippen LogP contribution in [0.15, 0.2) is 122 Å². The molecule has 0 amide bonds. The third kappa shape index (κ3) is 56.6. The summed E-state index contributed by atoms with van der Waals surface area (Å²) in [6.07, 6.45) is 80.6. The Kier molecular flexibility index (Phi) is 54.9. The Bertz CT molecular complexity index is 1500. The molecule has 1 atom stereocenters. The third-order valence-corrected chi connectivity index (χ3v) is 11.9. The molecule has 402 valence electrons. The molecule has 71 heavy (non-hydrogen) atoms. The van der Waals surface area contributed by atoms with Crippen LogP contribution in [0.3, 0.4) is 0 Å². The average Bonchev–Trinajstić information content (AvgIpc) is 3.37. The van der Waals surface area contributed by atoms with Crippen LogP contribution in [0.25, 0.3) is 0 Å². The number of allylic oxidation sites excluding steroid dienone is 20. The fourth-order valence-electron chi connectivity index (χ4n) is 7.65. The standard InChI is InChI=1S/C65H106O6/c1-4-7-10-13-16-19-22-25-28-30-32-34-37-40-43-46-49-52-55-58-64(67)70-61-62(60-69-63(66)57-54-51-48-45-42-39-36-27-24-21-18-15-12-9-6-3)71-65(68)59-56-53-50-47-44-41-38-35-33-31-29-26-23-20-17-14-11-8-5-2/h7,9-10,12,16,18-19,21,25-29,32,34,36,40,43,49,52,62H,4-6,8,11,13-15,17,20,22-24,30-31,33,35,37-39,41-42,44-48,50-51,53-61H2,1-3H3/b10-7-,12-9-,19-16-,21-18-,28-25-,29-26-,34-32-,36-27-,43-40-,52-49-. The van der Waals surface area contributed by atoms with E-state index in [1.807, 2.05) is 6.08 Å². The van der Waals surface area contributed by atoms with Gasteiger partial charge in [0.2, 0.25) is 0 Å². The van der Waals surface area contributed by atoms with Gasteiger partial charge in [0.25, 0.3) is 0 Å². The number of esters is 3. The molecule has 0 radical (unpaired) electrons. The predicted molar refractivity (Wildman–Crippen MR) is 306 cm³/mol. The maximum Gasteiger partial charge on any atom is 0.306 e. The van der Waals surface area contributed by atoms with Crippen LogP contribution in [-0.2, 0) is 28.6 Å². The zero-order chi connectivity index (χ0) is 51.4. The second-order valence-electron chi connectivity index (χ2n) is 18.8. The third-order valence-electron chi connectivity index (χ3n) is 11.9. The second-order valence-corrected chi connectivity index (χ2v) is 18.8. The van der Waals surface area contributed by atoms with Crippen molar-refractivity contribution in [1.29, 1.82) is 0 Å². The normalized spacial score (nSPS) is 13.0. The van der Waals surface area contributed by atoms with Gasteiger partial charge in [-0.25, -0.2) is 0 Å². The van der Waals surface area contributed by atoms with Crippen molar-refractivity contribution < 1.29 is 28.6 Å². The van der Waals surface area contributed by atoms with Gasteiger partial charge in [-0.05, 0) is 116 Å². The summed E-state index contributed by atoms with van der Waals surface area (Å²) in [4.78, 5) is 38.2. The minimum absolute atomic E-state index is 0.114. The fourth-order valence-corrected chi connectivity index (χ4v) is 7.65. The van der Waals surface area contributed by atoms with Crippen molar-refractivity contribution in [2.75, 3.05) is 13.2 Å². The molecular formula is C65H106O6. The Balaban J connectivity index is 4.52. The van der Waals surface area contributed by atoms with Gasteiger partial charge in [0.05, 0.1) is 0 Å². The van der Waals surface area contributed by atoms with Crippen molar-refractivity contribution in [3.63, 3.8) is 0 Å². The molecule has 0 aliphatic heterocycles. The van der Waals surface area contributed by atoms with Crippen molar-refractivity contribution in [1.82, 2.24) is 0 Å². The van der Waals surface area contributed by atoms with Crippen LogP contribution in [0.4, 0.5) is 0 Å². The van der Waals surface area contributed by atoms with E-state index in [4.69, 9.17) is 14.2 Å². The van der Waals surface area contributed by atoms with Gasteiger partial charge in [0, 0.05) is 19.3 Å². The highest BCUT2D eigenvalue weighted by Gasteiger charge is 2.19. The molecule has 0 aromatic carbocycles. The zero-order valence-electron chi connectivity index (χ0n) is 45.9. The Labute approximate surface area is 437 Å². The largest absolute Gasteiger partial charge is 0.462 e. The predicted octanol–water partition coefficient (Wildman–Crippen LogP) is 19.6. The molecule has 0 N–H and O–H groups in total. The van der Waals surface area contributed by atoms with E-state index in [0.717, 1.165) is 116 Å². The van der Waals surface area contributed by atoms with Crippen LogP contribution in [0.1, 0.15) is 252 Å². The van der Waals surface area contributed by atoms with E-state index >= 15 is 0 Å². The first-order valence-corrected chi connectivity index (χ1v) is 29.0. The van der Waals surface area contributed by atoms with Gasteiger partial charge in [-0.1, -0.05) is 239 Å². The topological polar surface area (TPSA) is 78.9 Å². The van der Waals surface area contributed by atoms with Crippen LogP contribution in [-0.4, -0.2) is 37.2 Å². The number of rotatable bonds is 51. The number of hydrogen-bond donors (Lipinski definition) is 0. The van der Waals surface area contributed by atoms with Gasteiger partial charge < -0.3 is 14.2 Å². The molecule has 0 fully saturated rings. The minimum Gasteiger partial charge on any atom is -0.462 e. The molecule has 6 heteroatoms. The average molecular weight is 984 g/mol. The van der Waals surface area contributed by atoms with Gasteiger partial charge in [-0.2, -0.15) is 0 Å². The van der Waals surface area contributed by atoms with Crippen molar-refractivity contribution in [2.45, 2.75) is 258 Å². The van der Waals surface area contributed by atoms with E-state index in [2.05, 4.69) is 136 Å². The van der Waals surface area contributed by atoms with Gasteiger partial charge >= 0.3 is 17.9 Å². The minimum atomic E-state index is -0.821. The van der Waals surface area contributed by atoms with Crippen LogP contribution in [0, 0.1) is 0 Å². The maximum atomic E-state index is 12.9. The molecule has 0 aliphatic rings. The Hall–Kier alpha value is -4.19. The first-order chi connectivity index (χ1) is 35.0. The lowest BCUT2D eigenvalue weighted by molar-refractivity contribution is -0.166. The van der Waals surface area contributed by atoms with E-state index in [0.29, 0.717) is 19.3 Å². The molecule has 0 aromatic rings. The number of unbranched alkanes of at least 4 members (excludes halogenated alkanes) is 20. The maximum absolute atomic E-state index is 12.9. The van der Waals surface area contributed by atoms with Gasteiger partial charge in [0.15, 0.2) is 6.10 Å². The molecule has 0 saturated heterocycles. The molecule has 0 rings (SSSR count). The molecule has 6 nitrogen and oxygen atoms in total. The van der Waals surface area contributed by atoms with E-state index < -0.39 is 6.10 Å². The summed E-state index contributed by atoms with van der Waals surface area (Å²) >= 11 is 0. The Morgan fingerprint density at radius 3 is 0.958 bits per heavy atom. The van der Waals surface area contributed by atoms with E-state index in [1.165, 1.54) is 89.9 Å². The summed E-state index contributed by atoms with van der Waals surface area (Å²) in [6.45, 7) is 6.33. The quantitative estimate of drug-likeness (QED) is 0.0261. The van der Waals surface area contributed by atoms with Crippen LogP contribution in [0.2, 0.25) is 0 Å². The van der Waals surface area contributed by atoms with Crippen LogP contribution >= 0.6 is 0 Å². The van der Waals surface area contributed by atoms with Crippen LogP contribution in [0.5, 0.6) is 0 Å². The lowest BCUT2D eigenvalue weighted by Gasteiger charge is -2.18. The molecule has 0 bridgehead atoms. The first-order valence-electron chi connectivity index (χ1n) is 29.0. The summed E-state index contributed by atoms with van der Waals surface area (Å²) in [5.74, 6) is -1.02. The van der Waals surface area contributed by atoms with Gasteiger partial charge in [-0.3, -0.25) is 14.4 Å². The number of carbonyl (C=O) groups is 3. The Morgan fingerprint density at radius 1 is 0.296 bits per heavy atom. The number of ether oxygens (including phenoxy) is 3. The van der Waals surface area contributed by atoms with Crippen LogP contribution < -0.4 is 0 Å². The lowest BCUT2D eigenvalue weighted by atomic mass is 10.1. The number of carbonyl (C=O) groups excluding carboxylic acids is 3. The summed E-state index contributed by atoms with van der Waals surface area (Å²) < 4.78 is 16.8. The smallest absolute Gasteiger partial charge is 0.306 e. The van der Waals surface area contributed by atoms with Gasteiger partial charge in [-0.15, -0.1) is 0 Å². The van der Waals surface area contributed by atoms with Crippen molar-refractivity contribution in [2.24, 2.45) is 0 Å². The van der Waals surface area contributed by atoms with Crippen molar-refractivity contribution >= 4 is 17.9 Å².